The normalized spacial score (nSPS) is 12.6. The molecule has 0 aliphatic heterocycles. The van der Waals surface area contributed by atoms with Crippen LogP contribution in [0, 0.1) is 0 Å². The Kier molecular flexibility index (Phi) is 7.37. The van der Waals surface area contributed by atoms with Gasteiger partial charge in [0.05, 0.1) is 5.92 Å². The number of hydrogen-bond acceptors (Lipinski definition) is 5. The van der Waals surface area contributed by atoms with Gasteiger partial charge in [-0.15, -0.1) is 5.71 Å². The lowest BCUT2D eigenvalue weighted by molar-refractivity contribution is -0.117. The lowest BCUT2D eigenvalue weighted by atomic mass is 9.94. The van der Waals surface area contributed by atoms with Crippen molar-refractivity contribution < 1.29 is 9.90 Å². The number of nitrogens with two attached hydrogens (primary N) is 2. The van der Waals surface area contributed by atoms with E-state index in [9.17, 15) is 15.3 Å². The zero-order chi connectivity index (χ0) is 22.2. The zero-order valence-corrected chi connectivity index (χ0v) is 17.0. The van der Waals surface area contributed by atoms with Crippen molar-refractivity contribution in [3.8, 4) is 0 Å². The van der Waals surface area contributed by atoms with Crippen LogP contribution in [0.1, 0.15) is 23.5 Å². The number of nitrogen functional groups attached to an aromatic ring is 1. The third-order valence-electron chi connectivity index (χ3n) is 4.91. The Morgan fingerprint density at radius 3 is 2.26 bits per heavy atom. The van der Waals surface area contributed by atoms with E-state index in [0.717, 1.165) is 5.56 Å². The van der Waals surface area contributed by atoms with Gasteiger partial charge in [0.25, 0.3) is 0 Å². The maximum absolute atomic E-state index is 12.9. The first-order valence-electron chi connectivity index (χ1n) is 10.0. The fraction of sp³-hybridized carbons (Fsp3) is 0.167. The van der Waals surface area contributed by atoms with Gasteiger partial charge < -0.3 is 32.6 Å². The summed E-state index contributed by atoms with van der Waals surface area (Å²) in [4.78, 5) is 12.9. The molecular weight excluding hydrogens is 390 g/mol. The van der Waals surface area contributed by atoms with Crippen LogP contribution in [0.2, 0.25) is 0 Å². The molecule has 0 aliphatic rings. The number of para-hydroxylation sites is 1. The highest BCUT2D eigenvalue weighted by atomic mass is 16.3. The molecule has 7 nitrogen and oxygen atoms in total. The molecule has 0 aliphatic carbocycles. The highest BCUT2D eigenvalue weighted by Gasteiger charge is 2.20. The van der Waals surface area contributed by atoms with Gasteiger partial charge in [-0.25, -0.2) is 0 Å². The molecule has 0 radical (unpaired) electrons. The van der Waals surface area contributed by atoms with Gasteiger partial charge in [0, 0.05) is 17.1 Å². The summed E-state index contributed by atoms with van der Waals surface area (Å²) in [5.74, 6) is -0.620. The van der Waals surface area contributed by atoms with Crippen molar-refractivity contribution in [2.75, 3.05) is 22.9 Å². The van der Waals surface area contributed by atoms with E-state index < -0.39 is 12.1 Å². The second kappa shape index (κ2) is 10.4. The van der Waals surface area contributed by atoms with Gasteiger partial charge in [0.15, 0.2) is 0 Å². The summed E-state index contributed by atoms with van der Waals surface area (Å²) in [7, 11) is 0. The number of aliphatic hydroxyl groups excluding tert-OH is 1. The van der Waals surface area contributed by atoms with Gasteiger partial charge in [-0.1, -0.05) is 48.5 Å². The molecule has 0 saturated carbocycles. The van der Waals surface area contributed by atoms with Gasteiger partial charge in [0.1, 0.15) is 6.23 Å². The molecule has 1 amide bonds. The molecule has 0 aromatic heterocycles. The second-order valence-electron chi connectivity index (χ2n) is 7.13. The van der Waals surface area contributed by atoms with Crippen molar-refractivity contribution in [2.45, 2.75) is 18.6 Å². The molecule has 160 valence electrons. The Morgan fingerprint density at radius 2 is 1.61 bits per heavy atom. The summed E-state index contributed by atoms with van der Waals surface area (Å²) >= 11 is 0. The quantitative estimate of drug-likeness (QED) is 0.207. The highest BCUT2D eigenvalue weighted by Crippen LogP contribution is 2.24. The Balaban J connectivity index is 1.76. The van der Waals surface area contributed by atoms with Crippen LogP contribution in [0.25, 0.3) is 5.41 Å². The topological polar surface area (TPSA) is 136 Å². The van der Waals surface area contributed by atoms with E-state index in [0.29, 0.717) is 24.3 Å². The summed E-state index contributed by atoms with van der Waals surface area (Å²) in [6, 6.07) is 23.1. The van der Waals surface area contributed by atoms with Gasteiger partial charge >= 0.3 is 0 Å². The van der Waals surface area contributed by atoms with Crippen LogP contribution in [-0.4, -0.2) is 29.5 Å². The molecular formula is C24H26N5O2-. The largest absolute Gasteiger partial charge is 0.803 e. The first-order valence-corrected chi connectivity index (χ1v) is 10.0. The number of amides is 1. The molecule has 0 fully saturated rings. The van der Waals surface area contributed by atoms with E-state index in [1.54, 1.807) is 36.4 Å². The van der Waals surface area contributed by atoms with Crippen LogP contribution >= 0.6 is 0 Å². The molecule has 3 rings (SSSR count). The van der Waals surface area contributed by atoms with Crippen molar-refractivity contribution in [2.24, 2.45) is 5.73 Å². The summed E-state index contributed by atoms with van der Waals surface area (Å²) in [6.45, 7) is 0.367. The summed E-state index contributed by atoms with van der Waals surface area (Å²) in [6.07, 6.45) is -0.876. The van der Waals surface area contributed by atoms with Crippen molar-refractivity contribution >= 4 is 28.7 Å². The molecule has 0 bridgehead atoms. The maximum atomic E-state index is 12.9. The fourth-order valence-corrected chi connectivity index (χ4v) is 3.29. The average Bonchev–Trinajstić information content (AvgIpc) is 2.79. The van der Waals surface area contributed by atoms with Gasteiger partial charge in [0.2, 0.25) is 5.91 Å². The summed E-state index contributed by atoms with van der Waals surface area (Å²) in [5.41, 5.74) is 13.8. The molecule has 3 aromatic rings. The molecule has 7 N–H and O–H groups in total. The first kappa shape index (κ1) is 22.0. The lowest BCUT2D eigenvalue weighted by Gasteiger charge is -2.24. The molecule has 0 heterocycles. The first-order chi connectivity index (χ1) is 15.0. The minimum absolute atomic E-state index is 0.213. The number of hydrogen-bond donors (Lipinski definition) is 5. The third kappa shape index (κ3) is 5.69. The van der Waals surface area contributed by atoms with Crippen LogP contribution in [0.5, 0.6) is 0 Å². The van der Waals surface area contributed by atoms with Crippen LogP contribution in [0.15, 0.2) is 78.9 Å². The van der Waals surface area contributed by atoms with E-state index in [1.165, 1.54) is 6.07 Å². The Bertz CT molecular complexity index is 1020. The van der Waals surface area contributed by atoms with Crippen molar-refractivity contribution in [3.05, 3.63) is 95.4 Å². The van der Waals surface area contributed by atoms with Gasteiger partial charge in [-0.2, -0.15) is 0 Å². The average molecular weight is 417 g/mol. The molecule has 2 atom stereocenters. The minimum atomic E-state index is -1.37. The van der Waals surface area contributed by atoms with Crippen LogP contribution < -0.4 is 22.1 Å². The number of anilines is 3. The van der Waals surface area contributed by atoms with Crippen molar-refractivity contribution in [1.29, 1.82) is 0 Å². The Labute approximate surface area is 181 Å². The molecule has 31 heavy (non-hydrogen) atoms. The number of benzene rings is 3. The van der Waals surface area contributed by atoms with Crippen LogP contribution in [0.4, 0.5) is 17.1 Å². The monoisotopic (exact) mass is 416 g/mol. The Hall–Kier alpha value is -3.68. The van der Waals surface area contributed by atoms with Crippen LogP contribution in [-0.2, 0) is 4.79 Å². The molecule has 0 saturated heterocycles. The number of carbonyl (C=O) groups is 1. The number of nitrogens with one attached hydrogen (secondary N) is 2. The third-order valence-corrected chi connectivity index (χ3v) is 4.91. The van der Waals surface area contributed by atoms with Gasteiger partial charge in [-0.05, 0) is 54.4 Å². The van der Waals surface area contributed by atoms with E-state index in [2.05, 4.69) is 10.6 Å². The maximum Gasteiger partial charge on any atom is 0.231 e. The van der Waals surface area contributed by atoms with E-state index in [4.69, 9.17) is 11.5 Å². The molecule has 2 unspecified atom stereocenters. The predicted octanol–water partition coefficient (Wildman–Crippen LogP) is 3.13. The Morgan fingerprint density at radius 1 is 0.968 bits per heavy atom. The minimum Gasteiger partial charge on any atom is -0.803 e. The van der Waals surface area contributed by atoms with E-state index >= 15 is 0 Å². The summed E-state index contributed by atoms with van der Waals surface area (Å²) in [5, 5.41) is 26.6. The second-order valence-corrected chi connectivity index (χ2v) is 7.13. The number of rotatable bonds is 9. The molecule has 3 aromatic carbocycles. The number of aliphatic hydroxyl groups is 1. The van der Waals surface area contributed by atoms with Crippen LogP contribution in [0.3, 0.4) is 0 Å². The smallest absolute Gasteiger partial charge is 0.231 e. The zero-order valence-electron chi connectivity index (χ0n) is 17.0. The standard InChI is InChI=1S/C24H26N5O2/c25-14-13-19(16-7-3-1-4-8-16)23(30)29-18-11-12-21(26)20(15-18)22(27)24(31)28-17-9-5-2-6-10-17/h1-12,15,19,24,28,31H,13-14,25-26H2,(H,29,30)/q-1. The SMILES string of the molecule is [N-]=C(c1cc(NC(=O)C(CCN)c2ccccc2)ccc1N)C(O)Nc1ccccc1. The van der Waals surface area contributed by atoms with Gasteiger partial charge in [-0.3, -0.25) is 4.79 Å². The fourth-order valence-electron chi connectivity index (χ4n) is 3.29. The molecule has 0 spiro atoms. The number of carbonyl (C=O) groups excluding carboxylic acids is 1. The van der Waals surface area contributed by atoms with Crippen molar-refractivity contribution in [1.82, 2.24) is 0 Å². The predicted molar refractivity (Wildman–Crippen MR) is 126 cm³/mol. The number of nitrogens with zero attached hydrogens (tertiary/aromatic N) is 1. The lowest BCUT2D eigenvalue weighted by Crippen LogP contribution is -2.29. The summed E-state index contributed by atoms with van der Waals surface area (Å²) < 4.78 is 0. The van der Waals surface area contributed by atoms with E-state index in [1.807, 2.05) is 36.4 Å². The van der Waals surface area contributed by atoms with E-state index in [-0.39, 0.29) is 22.9 Å². The molecule has 7 heteroatoms. The van der Waals surface area contributed by atoms with Crippen molar-refractivity contribution in [3.63, 3.8) is 0 Å². The highest BCUT2D eigenvalue weighted by molar-refractivity contribution is 6.11.